The fourth-order valence-electron chi connectivity index (χ4n) is 2.67. The molecule has 0 aliphatic carbocycles. The molecule has 3 nitrogen and oxygen atoms in total. The van der Waals surface area contributed by atoms with Crippen LogP contribution >= 0.6 is 0 Å². The van der Waals surface area contributed by atoms with Crippen molar-refractivity contribution in [3.8, 4) is 5.75 Å². The molecule has 0 atom stereocenters. The molecule has 0 saturated carbocycles. The molecule has 0 N–H and O–H groups in total. The molecule has 0 aromatic heterocycles. The predicted molar refractivity (Wildman–Crippen MR) is 105 cm³/mol. The highest BCUT2D eigenvalue weighted by Crippen LogP contribution is 2.15. The molecule has 1 saturated heterocycles. The Morgan fingerprint density at radius 1 is 0.875 bits per heavy atom. The summed E-state index contributed by atoms with van der Waals surface area (Å²) in [5, 5.41) is 0. The number of hydrogen-bond donors (Lipinski definition) is 0. The molecular formula is C21H38N2O. The van der Waals surface area contributed by atoms with Gasteiger partial charge in [-0.2, -0.15) is 0 Å². The minimum Gasteiger partial charge on any atom is -0.494 e. The van der Waals surface area contributed by atoms with Crippen LogP contribution in [-0.4, -0.2) is 49.6 Å². The van der Waals surface area contributed by atoms with E-state index in [1.54, 1.807) is 0 Å². The topological polar surface area (TPSA) is 15.7 Å². The number of likely N-dealkylation sites (N-methyl/N-ethyl adjacent to an activating group) is 1. The lowest BCUT2D eigenvalue weighted by atomic mass is 10.2. The van der Waals surface area contributed by atoms with Crippen molar-refractivity contribution >= 4 is 0 Å². The van der Waals surface area contributed by atoms with E-state index in [0.29, 0.717) is 0 Å². The van der Waals surface area contributed by atoms with Crippen molar-refractivity contribution in [3.63, 3.8) is 0 Å². The van der Waals surface area contributed by atoms with E-state index in [1.807, 2.05) is 0 Å². The molecule has 2 rings (SSSR count). The standard InChI is InChI=1S/C18H30N2O.C3H8/c1-3-4-5-6-15-21-18-9-7-17(8-10-18)16-20-13-11-19(2)12-14-20;1-3-2/h7-10H,3-6,11-16H2,1-2H3;3H2,1-2H3. The van der Waals surface area contributed by atoms with Crippen LogP contribution in [0.5, 0.6) is 5.75 Å². The van der Waals surface area contributed by atoms with Crippen molar-refractivity contribution in [3.05, 3.63) is 29.8 Å². The van der Waals surface area contributed by atoms with Crippen LogP contribution in [-0.2, 0) is 6.54 Å². The largest absolute Gasteiger partial charge is 0.494 e. The van der Waals surface area contributed by atoms with Gasteiger partial charge in [-0.05, 0) is 31.2 Å². The summed E-state index contributed by atoms with van der Waals surface area (Å²) in [5.74, 6) is 1.01. The van der Waals surface area contributed by atoms with Crippen LogP contribution in [0.1, 0.15) is 58.4 Å². The molecule has 0 unspecified atom stereocenters. The Balaban J connectivity index is 0.000000891. The molecule has 0 bridgehead atoms. The van der Waals surface area contributed by atoms with Crippen molar-refractivity contribution in [1.82, 2.24) is 9.80 Å². The van der Waals surface area contributed by atoms with Gasteiger partial charge in [0.05, 0.1) is 6.61 Å². The van der Waals surface area contributed by atoms with Gasteiger partial charge in [-0.15, -0.1) is 0 Å². The summed E-state index contributed by atoms with van der Waals surface area (Å²) in [6.45, 7) is 13.1. The first kappa shape index (κ1) is 21.0. The van der Waals surface area contributed by atoms with Gasteiger partial charge in [0.2, 0.25) is 0 Å². The second kappa shape index (κ2) is 13.3. The molecule has 24 heavy (non-hydrogen) atoms. The van der Waals surface area contributed by atoms with E-state index in [9.17, 15) is 0 Å². The average molecular weight is 335 g/mol. The highest BCUT2D eigenvalue weighted by atomic mass is 16.5. The lowest BCUT2D eigenvalue weighted by Crippen LogP contribution is -2.43. The molecule has 1 aliphatic heterocycles. The third kappa shape index (κ3) is 9.29. The van der Waals surface area contributed by atoms with Gasteiger partial charge in [-0.3, -0.25) is 4.90 Å². The van der Waals surface area contributed by atoms with Crippen molar-refractivity contribution in [2.24, 2.45) is 0 Å². The molecule has 1 heterocycles. The number of rotatable bonds is 8. The maximum atomic E-state index is 5.79. The molecule has 1 aromatic rings. The quantitative estimate of drug-likeness (QED) is 0.635. The summed E-state index contributed by atoms with van der Waals surface area (Å²) >= 11 is 0. The zero-order chi connectivity index (χ0) is 17.6. The first-order valence-electron chi connectivity index (χ1n) is 9.82. The second-order valence-corrected chi connectivity index (χ2v) is 6.84. The van der Waals surface area contributed by atoms with Gasteiger partial charge in [-0.1, -0.05) is 58.6 Å². The lowest BCUT2D eigenvalue weighted by molar-refractivity contribution is 0.148. The second-order valence-electron chi connectivity index (χ2n) is 6.84. The minimum atomic E-state index is 0.845. The Morgan fingerprint density at radius 3 is 2.08 bits per heavy atom. The molecule has 1 aliphatic rings. The molecular weight excluding hydrogens is 296 g/mol. The van der Waals surface area contributed by atoms with Crippen molar-refractivity contribution in [2.75, 3.05) is 39.8 Å². The van der Waals surface area contributed by atoms with Gasteiger partial charge in [-0.25, -0.2) is 0 Å². The van der Waals surface area contributed by atoms with Gasteiger partial charge in [0.25, 0.3) is 0 Å². The maximum absolute atomic E-state index is 5.79. The lowest BCUT2D eigenvalue weighted by Gasteiger charge is -2.32. The van der Waals surface area contributed by atoms with E-state index in [0.717, 1.165) is 25.3 Å². The minimum absolute atomic E-state index is 0.845. The fraction of sp³-hybridized carbons (Fsp3) is 0.714. The zero-order valence-electron chi connectivity index (χ0n) is 16.4. The summed E-state index contributed by atoms with van der Waals surface area (Å²) in [6.07, 6.45) is 6.28. The summed E-state index contributed by atoms with van der Waals surface area (Å²) in [6, 6.07) is 8.65. The number of hydrogen-bond acceptors (Lipinski definition) is 3. The van der Waals surface area contributed by atoms with Crippen molar-refractivity contribution in [2.45, 2.75) is 59.4 Å². The summed E-state index contributed by atoms with van der Waals surface area (Å²) < 4.78 is 5.79. The average Bonchev–Trinajstić information content (AvgIpc) is 2.59. The van der Waals surface area contributed by atoms with Gasteiger partial charge < -0.3 is 9.64 Å². The number of piperazine rings is 1. The SMILES string of the molecule is CCC.CCCCCCOc1ccc(CN2CCN(C)CC2)cc1. The molecule has 138 valence electrons. The van der Waals surface area contributed by atoms with E-state index in [1.165, 1.54) is 57.4 Å². The van der Waals surface area contributed by atoms with Crippen LogP contribution in [0.4, 0.5) is 0 Å². The number of unbranched alkanes of at least 4 members (excludes halogenated alkanes) is 3. The molecule has 0 radical (unpaired) electrons. The Kier molecular flexibility index (Phi) is 11.6. The third-order valence-electron chi connectivity index (χ3n) is 4.19. The summed E-state index contributed by atoms with van der Waals surface area (Å²) in [7, 11) is 2.20. The molecule has 0 amide bonds. The van der Waals surface area contributed by atoms with Crippen LogP contribution in [0.25, 0.3) is 0 Å². The zero-order valence-corrected chi connectivity index (χ0v) is 16.4. The van der Waals surface area contributed by atoms with E-state index in [4.69, 9.17) is 4.74 Å². The summed E-state index contributed by atoms with van der Waals surface area (Å²) in [5.41, 5.74) is 1.39. The number of benzene rings is 1. The normalized spacial score (nSPS) is 15.7. The van der Waals surface area contributed by atoms with E-state index in [2.05, 4.69) is 61.9 Å². The number of nitrogens with zero attached hydrogens (tertiary/aromatic N) is 2. The highest BCUT2D eigenvalue weighted by Gasteiger charge is 2.13. The molecule has 3 heteroatoms. The third-order valence-corrected chi connectivity index (χ3v) is 4.19. The van der Waals surface area contributed by atoms with Crippen molar-refractivity contribution in [1.29, 1.82) is 0 Å². The highest BCUT2D eigenvalue weighted by molar-refractivity contribution is 5.27. The molecule has 0 spiro atoms. The first-order chi connectivity index (χ1) is 11.7. The van der Waals surface area contributed by atoms with Gasteiger partial charge >= 0.3 is 0 Å². The van der Waals surface area contributed by atoms with Crippen molar-refractivity contribution < 1.29 is 4.74 Å². The van der Waals surface area contributed by atoms with Crippen LogP contribution in [0, 0.1) is 0 Å². The Labute approximate surface area is 150 Å². The monoisotopic (exact) mass is 334 g/mol. The predicted octanol–water partition coefficient (Wildman–Crippen LogP) is 4.81. The smallest absolute Gasteiger partial charge is 0.119 e. The van der Waals surface area contributed by atoms with Crippen LogP contribution < -0.4 is 4.74 Å². The van der Waals surface area contributed by atoms with E-state index in [-0.39, 0.29) is 0 Å². The van der Waals surface area contributed by atoms with Gasteiger partial charge in [0.15, 0.2) is 0 Å². The number of ether oxygens (including phenoxy) is 1. The van der Waals surface area contributed by atoms with Crippen LogP contribution in [0.2, 0.25) is 0 Å². The van der Waals surface area contributed by atoms with E-state index < -0.39 is 0 Å². The Bertz CT molecular complexity index is 397. The first-order valence-corrected chi connectivity index (χ1v) is 9.82. The van der Waals surface area contributed by atoms with Gasteiger partial charge in [0, 0.05) is 32.7 Å². The molecule has 1 fully saturated rings. The Morgan fingerprint density at radius 2 is 1.50 bits per heavy atom. The fourth-order valence-corrected chi connectivity index (χ4v) is 2.67. The summed E-state index contributed by atoms with van der Waals surface area (Å²) in [4.78, 5) is 4.92. The van der Waals surface area contributed by atoms with Gasteiger partial charge in [0.1, 0.15) is 5.75 Å². The van der Waals surface area contributed by atoms with E-state index >= 15 is 0 Å². The Hall–Kier alpha value is -1.06. The van der Waals surface area contributed by atoms with Crippen LogP contribution in [0.15, 0.2) is 24.3 Å². The van der Waals surface area contributed by atoms with Crippen LogP contribution in [0.3, 0.4) is 0 Å². The molecule has 1 aromatic carbocycles. The maximum Gasteiger partial charge on any atom is 0.119 e.